The van der Waals surface area contributed by atoms with Crippen LogP contribution in [0.3, 0.4) is 0 Å². The summed E-state index contributed by atoms with van der Waals surface area (Å²) in [5.74, 6) is -0.105. The van der Waals surface area contributed by atoms with E-state index in [1.165, 1.54) is 0 Å². The number of carbonyl (C=O) groups is 1. The first-order chi connectivity index (χ1) is 9.06. The van der Waals surface area contributed by atoms with Crippen LogP contribution in [0.15, 0.2) is 36.4 Å². The van der Waals surface area contributed by atoms with Gasteiger partial charge in [0, 0.05) is 16.3 Å². The minimum absolute atomic E-state index is 0.105. The van der Waals surface area contributed by atoms with E-state index in [0.717, 1.165) is 5.56 Å². The van der Waals surface area contributed by atoms with Crippen molar-refractivity contribution in [1.82, 2.24) is 0 Å². The highest BCUT2D eigenvalue weighted by molar-refractivity contribution is 6.36. The maximum absolute atomic E-state index is 12.4. The van der Waals surface area contributed by atoms with E-state index in [1.54, 1.807) is 35.2 Å². The molecule has 0 saturated carbocycles. The monoisotopic (exact) mass is 292 g/mol. The molecule has 1 aliphatic heterocycles. The van der Waals surface area contributed by atoms with Gasteiger partial charge in [-0.25, -0.2) is 0 Å². The SMILES string of the molecule is Nc1ccc2c(c1)C(=O)N(c1cc(Cl)ccc1Cl)C2. The van der Waals surface area contributed by atoms with Crippen LogP contribution in [-0.4, -0.2) is 5.91 Å². The number of carbonyl (C=O) groups excluding carboxylic acids is 1. The summed E-state index contributed by atoms with van der Waals surface area (Å²) in [6.45, 7) is 0.481. The van der Waals surface area contributed by atoms with Crippen molar-refractivity contribution in [2.75, 3.05) is 10.6 Å². The van der Waals surface area contributed by atoms with Crippen LogP contribution >= 0.6 is 23.2 Å². The second-order valence-electron chi connectivity index (χ2n) is 4.40. The van der Waals surface area contributed by atoms with Crippen LogP contribution in [0.4, 0.5) is 11.4 Å². The van der Waals surface area contributed by atoms with E-state index in [-0.39, 0.29) is 5.91 Å². The van der Waals surface area contributed by atoms with Crippen LogP contribution in [0, 0.1) is 0 Å². The lowest BCUT2D eigenvalue weighted by Crippen LogP contribution is -2.23. The van der Waals surface area contributed by atoms with E-state index in [4.69, 9.17) is 28.9 Å². The van der Waals surface area contributed by atoms with Crippen molar-refractivity contribution in [3.63, 3.8) is 0 Å². The molecule has 0 aromatic heterocycles. The van der Waals surface area contributed by atoms with Crippen molar-refractivity contribution in [2.45, 2.75) is 6.54 Å². The van der Waals surface area contributed by atoms with Gasteiger partial charge in [0.25, 0.3) is 5.91 Å². The van der Waals surface area contributed by atoms with Gasteiger partial charge in [0.05, 0.1) is 17.3 Å². The lowest BCUT2D eigenvalue weighted by Gasteiger charge is -2.17. The topological polar surface area (TPSA) is 46.3 Å². The molecular formula is C14H10Cl2N2O. The highest BCUT2D eigenvalue weighted by Gasteiger charge is 2.29. The van der Waals surface area contributed by atoms with Crippen molar-refractivity contribution in [3.05, 3.63) is 57.6 Å². The molecule has 0 spiro atoms. The maximum Gasteiger partial charge on any atom is 0.259 e. The van der Waals surface area contributed by atoms with Gasteiger partial charge >= 0.3 is 0 Å². The first-order valence-electron chi connectivity index (χ1n) is 5.71. The molecule has 1 amide bonds. The Hall–Kier alpha value is -1.71. The van der Waals surface area contributed by atoms with E-state index < -0.39 is 0 Å². The normalized spacial score (nSPS) is 13.8. The molecule has 0 saturated heterocycles. The Bertz CT molecular complexity index is 685. The van der Waals surface area contributed by atoms with Gasteiger partial charge in [0.15, 0.2) is 0 Å². The molecule has 0 aliphatic carbocycles. The van der Waals surface area contributed by atoms with E-state index >= 15 is 0 Å². The van der Waals surface area contributed by atoms with Gasteiger partial charge in [0.1, 0.15) is 0 Å². The molecule has 96 valence electrons. The Morgan fingerprint density at radius 1 is 1.11 bits per heavy atom. The Morgan fingerprint density at radius 3 is 2.68 bits per heavy atom. The number of fused-ring (bicyclic) bond motifs is 1. The van der Waals surface area contributed by atoms with Gasteiger partial charge in [-0.3, -0.25) is 4.79 Å². The fourth-order valence-electron chi connectivity index (χ4n) is 2.21. The Labute approximate surface area is 120 Å². The number of nitrogens with zero attached hydrogens (tertiary/aromatic N) is 1. The molecule has 5 heteroatoms. The molecule has 19 heavy (non-hydrogen) atoms. The van der Waals surface area contributed by atoms with E-state index in [2.05, 4.69) is 0 Å². The summed E-state index contributed by atoms with van der Waals surface area (Å²) in [6.07, 6.45) is 0. The summed E-state index contributed by atoms with van der Waals surface area (Å²) in [5.41, 5.74) is 8.47. The molecule has 1 aliphatic rings. The quantitative estimate of drug-likeness (QED) is 0.814. The Balaban J connectivity index is 2.06. The summed E-state index contributed by atoms with van der Waals surface area (Å²) in [5, 5.41) is 1.04. The minimum atomic E-state index is -0.105. The van der Waals surface area contributed by atoms with E-state index in [1.807, 2.05) is 6.07 Å². The van der Waals surface area contributed by atoms with Gasteiger partial charge in [-0.2, -0.15) is 0 Å². The average Bonchev–Trinajstić information content (AvgIpc) is 2.70. The Morgan fingerprint density at radius 2 is 1.89 bits per heavy atom. The molecular weight excluding hydrogens is 283 g/mol. The summed E-state index contributed by atoms with van der Waals surface area (Å²) in [7, 11) is 0. The van der Waals surface area contributed by atoms with Crippen LogP contribution in [0.5, 0.6) is 0 Å². The van der Waals surface area contributed by atoms with E-state index in [9.17, 15) is 4.79 Å². The molecule has 2 N–H and O–H groups in total. The molecule has 0 unspecified atom stereocenters. The number of rotatable bonds is 1. The van der Waals surface area contributed by atoms with Crippen molar-refractivity contribution in [1.29, 1.82) is 0 Å². The van der Waals surface area contributed by atoms with Gasteiger partial charge in [0.2, 0.25) is 0 Å². The molecule has 3 nitrogen and oxygen atoms in total. The van der Waals surface area contributed by atoms with Crippen LogP contribution in [0.1, 0.15) is 15.9 Å². The van der Waals surface area contributed by atoms with Crippen LogP contribution in [0.25, 0.3) is 0 Å². The third-order valence-electron chi connectivity index (χ3n) is 3.14. The van der Waals surface area contributed by atoms with Crippen molar-refractivity contribution < 1.29 is 4.79 Å². The number of benzene rings is 2. The third kappa shape index (κ3) is 2.05. The summed E-state index contributed by atoms with van der Waals surface area (Å²) >= 11 is 12.1. The van der Waals surface area contributed by atoms with Gasteiger partial charge in [-0.05, 0) is 35.9 Å². The first-order valence-corrected chi connectivity index (χ1v) is 6.47. The van der Waals surface area contributed by atoms with Crippen molar-refractivity contribution >= 4 is 40.5 Å². The lowest BCUT2D eigenvalue weighted by molar-refractivity contribution is 0.0996. The molecule has 0 bridgehead atoms. The molecule has 1 heterocycles. The smallest absolute Gasteiger partial charge is 0.259 e. The predicted molar refractivity (Wildman–Crippen MR) is 77.8 cm³/mol. The van der Waals surface area contributed by atoms with Crippen LogP contribution in [0.2, 0.25) is 10.0 Å². The zero-order chi connectivity index (χ0) is 13.6. The zero-order valence-corrected chi connectivity index (χ0v) is 11.4. The molecule has 0 fully saturated rings. The largest absolute Gasteiger partial charge is 0.399 e. The fourth-order valence-corrected chi connectivity index (χ4v) is 2.59. The molecule has 0 atom stereocenters. The number of nitrogens with two attached hydrogens (primary N) is 1. The molecule has 3 rings (SSSR count). The summed E-state index contributed by atoms with van der Waals surface area (Å²) in [4.78, 5) is 14.0. The summed E-state index contributed by atoms with van der Waals surface area (Å²) < 4.78 is 0. The number of hydrogen-bond donors (Lipinski definition) is 1. The highest BCUT2D eigenvalue weighted by atomic mass is 35.5. The van der Waals surface area contributed by atoms with E-state index in [0.29, 0.717) is 33.5 Å². The first kappa shape index (κ1) is 12.3. The Kier molecular flexibility index (Phi) is 2.88. The number of nitrogen functional groups attached to an aromatic ring is 1. The van der Waals surface area contributed by atoms with Crippen LogP contribution < -0.4 is 10.6 Å². The van der Waals surface area contributed by atoms with Crippen LogP contribution in [-0.2, 0) is 6.54 Å². The number of anilines is 2. The number of halogens is 2. The van der Waals surface area contributed by atoms with Crippen molar-refractivity contribution in [2.24, 2.45) is 0 Å². The molecule has 2 aromatic carbocycles. The lowest BCUT2D eigenvalue weighted by atomic mass is 10.1. The van der Waals surface area contributed by atoms with Gasteiger partial charge in [-0.1, -0.05) is 29.3 Å². The predicted octanol–water partition coefficient (Wildman–Crippen LogP) is 3.74. The van der Waals surface area contributed by atoms with Gasteiger partial charge < -0.3 is 10.6 Å². The minimum Gasteiger partial charge on any atom is -0.399 e. The van der Waals surface area contributed by atoms with Gasteiger partial charge in [-0.15, -0.1) is 0 Å². The second kappa shape index (κ2) is 4.44. The highest BCUT2D eigenvalue weighted by Crippen LogP contribution is 2.35. The standard InChI is InChI=1S/C14H10Cl2N2O/c15-9-2-4-12(16)13(5-9)18-7-8-1-3-10(17)6-11(8)14(18)19/h1-6H,7,17H2. The molecule has 2 aromatic rings. The number of amides is 1. The average molecular weight is 293 g/mol. The van der Waals surface area contributed by atoms with Crippen molar-refractivity contribution in [3.8, 4) is 0 Å². The number of hydrogen-bond acceptors (Lipinski definition) is 2. The third-order valence-corrected chi connectivity index (χ3v) is 3.69. The second-order valence-corrected chi connectivity index (χ2v) is 5.25. The zero-order valence-electron chi connectivity index (χ0n) is 9.86. The fraction of sp³-hybridized carbons (Fsp3) is 0.0714. The summed E-state index contributed by atoms with van der Waals surface area (Å²) in [6, 6.07) is 10.4. The molecule has 0 radical (unpaired) electrons. The maximum atomic E-state index is 12.4.